The Morgan fingerprint density at radius 2 is 0.893 bits per heavy atom. The summed E-state index contributed by atoms with van der Waals surface area (Å²) in [6.45, 7) is 6.41. The molecule has 0 aromatic heterocycles. The van der Waals surface area contributed by atoms with Crippen LogP contribution in [0.2, 0.25) is 0 Å². The van der Waals surface area contributed by atoms with Crippen LogP contribution in [0.4, 0.5) is 0 Å². The van der Waals surface area contributed by atoms with Crippen molar-refractivity contribution in [3.63, 3.8) is 0 Å². The molecule has 0 bridgehead atoms. The van der Waals surface area contributed by atoms with Crippen molar-refractivity contribution < 1.29 is 24.5 Å². The van der Waals surface area contributed by atoms with Crippen LogP contribution in [0.25, 0.3) is 0 Å². The molecule has 3 atom stereocenters. The van der Waals surface area contributed by atoms with Crippen molar-refractivity contribution in [1.29, 1.82) is 0 Å². The number of rotatable bonds is 44. The summed E-state index contributed by atoms with van der Waals surface area (Å²) in [5.41, 5.74) is 0. The van der Waals surface area contributed by atoms with E-state index in [4.69, 9.17) is 4.74 Å². The maximum atomic E-state index is 13.1. The number of esters is 1. The zero-order valence-corrected chi connectivity index (χ0v) is 37.5. The van der Waals surface area contributed by atoms with Crippen LogP contribution in [-0.2, 0) is 14.3 Å². The van der Waals surface area contributed by atoms with Crippen molar-refractivity contribution in [2.75, 3.05) is 6.61 Å². The number of amides is 1. The fraction of sp³-hybridized carbons (Fsp3) is 0.880. The quantitative estimate of drug-likeness (QED) is 0.0324. The maximum absolute atomic E-state index is 13.1. The standard InChI is InChI=1S/C50H95NO5/c1-4-7-10-13-16-19-21-23-25-26-28-30-33-36-39-42-48(53)47(45-52)51-49(54)44-46(41-38-35-32-18-15-12-9-6-3)56-50(55)43-40-37-34-31-29-27-24-22-20-17-14-11-8-5-2/h12,15,27,29,46-48,52-53H,4-11,13-14,16-26,28,30-45H2,1-3H3,(H,51,54)/b15-12-,29-27-. The highest BCUT2D eigenvalue weighted by Crippen LogP contribution is 2.17. The van der Waals surface area contributed by atoms with Gasteiger partial charge in [-0.25, -0.2) is 0 Å². The molecule has 0 aliphatic rings. The van der Waals surface area contributed by atoms with Crippen LogP contribution in [-0.4, -0.2) is 46.9 Å². The SMILES string of the molecule is CCC/C=C\CCCCCC(CC(=O)NC(CO)C(O)CCCCCCCCCCCCCCCCC)OC(=O)CCCCC/C=C\CCCCCCCCC. The van der Waals surface area contributed by atoms with Gasteiger partial charge in [0, 0.05) is 6.42 Å². The summed E-state index contributed by atoms with van der Waals surface area (Å²) in [4.78, 5) is 26.0. The van der Waals surface area contributed by atoms with E-state index in [0.717, 1.165) is 77.0 Å². The van der Waals surface area contributed by atoms with Gasteiger partial charge < -0.3 is 20.3 Å². The molecule has 0 heterocycles. The number of hydrogen-bond donors (Lipinski definition) is 3. The highest BCUT2D eigenvalue weighted by Gasteiger charge is 2.24. The minimum atomic E-state index is -0.789. The number of unbranched alkanes of at least 4 members (excludes halogenated alkanes) is 28. The number of ether oxygens (including phenoxy) is 1. The number of carbonyl (C=O) groups is 2. The Morgan fingerprint density at radius 1 is 0.500 bits per heavy atom. The van der Waals surface area contributed by atoms with Crippen LogP contribution < -0.4 is 5.32 Å². The molecule has 330 valence electrons. The normalized spacial score (nSPS) is 13.4. The molecule has 0 saturated carbocycles. The van der Waals surface area contributed by atoms with Crippen LogP contribution in [0.1, 0.15) is 258 Å². The zero-order chi connectivity index (χ0) is 41.0. The van der Waals surface area contributed by atoms with Gasteiger partial charge in [-0.2, -0.15) is 0 Å². The second-order valence-corrected chi connectivity index (χ2v) is 16.9. The number of hydrogen-bond acceptors (Lipinski definition) is 5. The summed E-state index contributed by atoms with van der Waals surface area (Å²) in [6.07, 6.45) is 49.6. The lowest BCUT2D eigenvalue weighted by molar-refractivity contribution is -0.151. The first-order valence-corrected chi connectivity index (χ1v) is 24.6. The molecular formula is C50H95NO5. The fourth-order valence-electron chi connectivity index (χ4n) is 7.49. The van der Waals surface area contributed by atoms with E-state index in [0.29, 0.717) is 19.3 Å². The third-order valence-electron chi connectivity index (χ3n) is 11.2. The topological polar surface area (TPSA) is 95.9 Å². The first-order chi connectivity index (χ1) is 27.5. The Bertz CT molecular complexity index is 889. The second-order valence-electron chi connectivity index (χ2n) is 16.9. The van der Waals surface area contributed by atoms with Crippen LogP contribution in [0.3, 0.4) is 0 Å². The van der Waals surface area contributed by atoms with E-state index < -0.39 is 18.2 Å². The third-order valence-corrected chi connectivity index (χ3v) is 11.2. The Kier molecular flexibility index (Phi) is 43.1. The lowest BCUT2D eigenvalue weighted by Crippen LogP contribution is -2.46. The molecule has 1 amide bonds. The summed E-state index contributed by atoms with van der Waals surface area (Å²) < 4.78 is 5.88. The van der Waals surface area contributed by atoms with Crippen molar-refractivity contribution in [1.82, 2.24) is 5.32 Å². The van der Waals surface area contributed by atoms with Gasteiger partial charge in [-0.05, 0) is 70.6 Å². The molecule has 3 unspecified atom stereocenters. The summed E-state index contributed by atoms with van der Waals surface area (Å²) in [5.74, 6) is -0.505. The number of aliphatic hydroxyl groups excluding tert-OH is 2. The highest BCUT2D eigenvalue weighted by atomic mass is 16.5. The molecule has 56 heavy (non-hydrogen) atoms. The van der Waals surface area contributed by atoms with Gasteiger partial charge in [-0.1, -0.05) is 199 Å². The first kappa shape index (κ1) is 54.3. The molecule has 0 aromatic carbocycles. The second kappa shape index (κ2) is 44.4. The summed E-state index contributed by atoms with van der Waals surface area (Å²) in [7, 11) is 0. The van der Waals surface area contributed by atoms with Gasteiger partial charge in [0.25, 0.3) is 0 Å². The van der Waals surface area contributed by atoms with Crippen molar-refractivity contribution in [2.45, 2.75) is 277 Å². The van der Waals surface area contributed by atoms with Gasteiger partial charge in [0.05, 0.1) is 25.2 Å². The van der Waals surface area contributed by atoms with Gasteiger partial charge >= 0.3 is 5.97 Å². The molecule has 0 aliphatic carbocycles. The van der Waals surface area contributed by atoms with Crippen LogP contribution in [0, 0.1) is 0 Å². The largest absolute Gasteiger partial charge is 0.462 e. The molecule has 0 radical (unpaired) electrons. The van der Waals surface area contributed by atoms with E-state index in [9.17, 15) is 19.8 Å². The van der Waals surface area contributed by atoms with E-state index >= 15 is 0 Å². The monoisotopic (exact) mass is 790 g/mol. The van der Waals surface area contributed by atoms with Crippen molar-refractivity contribution in [3.05, 3.63) is 24.3 Å². The number of nitrogens with one attached hydrogen (secondary N) is 1. The molecule has 3 N–H and O–H groups in total. The van der Waals surface area contributed by atoms with Crippen molar-refractivity contribution in [2.24, 2.45) is 0 Å². The minimum Gasteiger partial charge on any atom is -0.462 e. The van der Waals surface area contributed by atoms with Gasteiger partial charge in [0.2, 0.25) is 5.91 Å². The predicted octanol–water partition coefficient (Wildman–Crippen LogP) is 14.3. The molecule has 0 spiro atoms. The Morgan fingerprint density at radius 3 is 1.36 bits per heavy atom. The zero-order valence-electron chi connectivity index (χ0n) is 37.5. The number of carbonyl (C=O) groups excluding carboxylic acids is 2. The Labute approximate surface area is 348 Å². The third kappa shape index (κ3) is 39.2. The summed E-state index contributed by atoms with van der Waals surface area (Å²) in [6, 6.07) is -0.704. The van der Waals surface area contributed by atoms with E-state index in [1.54, 1.807) is 0 Å². The molecule has 0 rings (SSSR count). The van der Waals surface area contributed by atoms with Crippen LogP contribution in [0.5, 0.6) is 0 Å². The summed E-state index contributed by atoms with van der Waals surface area (Å²) >= 11 is 0. The highest BCUT2D eigenvalue weighted by molar-refractivity contribution is 5.77. The smallest absolute Gasteiger partial charge is 0.306 e. The van der Waals surface area contributed by atoms with Crippen molar-refractivity contribution >= 4 is 11.9 Å². The predicted molar refractivity (Wildman–Crippen MR) is 241 cm³/mol. The van der Waals surface area contributed by atoms with Gasteiger partial charge in [0.15, 0.2) is 0 Å². The Balaban J connectivity index is 4.43. The first-order valence-electron chi connectivity index (χ1n) is 24.6. The maximum Gasteiger partial charge on any atom is 0.306 e. The van der Waals surface area contributed by atoms with E-state index in [1.807, 2.05) is 0 Å². The van der Waals surface area contributed by atoms with Crippen LogP contribution >= 0.6 is 0 Å². The molecule has 6 nitrogen and oxygen atoms in total. The molecule has 0 saturated heterocycles. The minimum absolute atomic E-state index is 0.0633. The average molecular weight is 790 g/mol. The molecule has 6 heteroatoms. The molecule has 0 aliphatic heterocycles. The van der Waals surface area contributed by atoms with Gasteiger partial charge in [-0.3, -0.25) is 9.59 Å². The molecule has 0 fully saturated rings. The lowest BCUT2D eigenvalue weighted by atomic mass is 10.0. The van der Waals surface area contributed by atoms with E-state index in [1.165, 1.54) is 135 Å². The van der Waals surface area contributed by atoms with Gasteiger partial charge in [-0.15, -0.1) is 0 Å². The lowest BCUT2D eigenvalue weighted by Gasteiger charge is -2.24. The fourth-order valence-corrected chi connectivity index (χ4v) is 7.49. The molecule has 0 aromatic rings. The average Bonchev–Trinajstić information content (AvgIpc) is 3.19. The molecular weight excluding hydrogens is 695 g/mol. The van der Waals surface area contributed by atoms with Crippen LogP contribution in [0.15, 0.2) is 24.3 Å². The van der Waals surface area contributed by atoms with E-state index in [2.05, 4.69) is 50.4 Å². The van der Waals surface area contributed by atoms with E-state index in [-0.39, 0.29) is 24.9 Å². The number of aliphatic hydroxyl groups is 2. The Hall–Kier alpha value is -1.66. The van der Waals surface area contributed by atoms with Crippen molar-refractivity contribution in [3.8, 4) is 0 Å². The van der Waals surface area contributed by atoms with Gasteiger partial charge in [0.1, 0.15) is 6.10 Å². The summed E-state index contributed by atoms with van der Waals surface area (Å²) in [5, 5.41) is 23.7. The number of allylic oxidation sites excluding steroid dienone is 4.